The maximum absolute atomic E-state index is 12.7. The van der Waals surface area contributed by atoms with Gasteiger partial charge in [-0.3, -0.25) is 0 Å². The molecule has 0 saturated carbocycles. The number of benzene rings is 1. The van der Waals surface area contributed by atoms with E-state index in [1.165, 1.54) is 0 Å². The predicted octanol–water partition coefficient (Wildman–Crippen LogP) is 4.26. The van der Waals surface area contributed by atoms with Crippen LogP contribution in [0.1, 0.15) is 45.4 Å². The number of likely N-dealkylation sites (tertiary alicyclic amines) is 1. The van der Waals surface area contributed by atoms with Crippen LogP contribution in [0.3, 0.4) is 0 Å². The number of hydrogen-bond acceptors (Lipinski definition) is 3. The van der Waals surface area contributed by atoms with Crippen LogP contribution in [0.2, 0.25) is 0 Å². The van der Waals surface area contributed by atoms with E-state index in [9.17, 15) is 4.79 Å². The van der Waals surface area contributed by atoms with Gasteiger partial charge in [-0.05, 0) is 37.8 Å². The minimum absolute atomic E-state index is 0.0275. The highest BCUT2D eigenvalue weighted by Gasteiger charge is 2.25. The Morgan fingerprint density at radius 2 is 1.96 bits per heavy atom. The molecule has 3 rings (SSSR count). The number of para-hydroxylation sites is 1. The first-order chi connectivity index (χ1) is 12.4. The van der Waals surface area contributed by atoms with Crippen LogP contribution < -0.4 is 5.32 Å². The fraction of sp³-hybridized carbons (Fsp3) is 0.571. The van der Waals surface area contributed by atoms with Crippen molar-refractivity contribution < 1.29 is 9.21 Å². The third kappa shape index (κ3) is 4.39. The molecule has 0 unspecified atom stereocenters. The third-order valence-corrected chi connectivity index (χ3v) is 5.30. The molecule has 1 atom stereocenters. The number of piperidine rings is 1. The van der Waals surface area contributed by atoms with Crippen molar-refractivity contribution in [2.45, 2.75) is 45.7 Å². The summed E-state index contributed by atoms with van der Waals surface area (Å²) in [5.41, 5.74) is 0.862. The van der Waals surface area contributed by atoms with Crippen LogP contribution in [-0.4, -0.2) is 48.6 Å². The molecule has 2 heterocycles. The number of nitrogens with zero attached hydrogens (tertiary/aromatic N) is 2. The monoisotopic (exact) mass is 357 g/mol. The summed E-state index contributed by atoms with van der Waals surface area (Å²) in [5.74, 6) is 1.51. The van der Waals surface area contributed by atoms with Crippen LogP contribution in [0.4, 0.5) is 4.79 Å². The van der Waals surface area contributed by atoms with Gasteiger partial charge in [0.2, 0.25) is 0 Å². The molecule has 2 aromatic rings. The SMILES string of the molecule is CC(C)CN1CCC(NC(=O)N(C)[C@H](C)c2cc3ccccc3o2)CC1. The molecule has 1 saturated heterocycles. The van der Waals surface area contributed by atoms with Crippen molar-refractivity contribution >= 4 is 17.0 Å². The first-order valence-electron chi connectivity index (χ1n) is 9.68. The molecule has 0 spiro atoms. The van der Waals surface area contributed by atoms with Crippen LogP contribution in [0.25, 0.3) is 11.0 Å². The lowest BCUT2D eigenvalue weighted by Gasteiger charge is -2.34. The number of nitrogens with one attached hydrogen (secondary N) is 1. The second-order valence-electron chi connectivity index (χ2n) is 7.89. The molecule has 5 heteroatoms. The van der Waals surface area contributed by atoms with Crippen LogP contribution >= 0.6 is 0 Å². The molecule has 5 nitrogen and oxygen atoms in total. The Morgan fingerprint density at radius 3 is 2.62 bits per heavy atom. The average molecular weight is 357 g/mol. The third-order valence-electron chi connectivity index (χ3n) is 5.30. The van der Waals surface area contributed by atoms with Crippen LogP contribution in [0, 0.1) is 5.92 Å². The summed E-state index contributed by atoms with van der Waals surface area (Å²) in [6, 6.07) is 10.1. The molecular formula is C21H31N3O2. The van der Waals surface area contributed by atoms with E-state index in [1.807, 2.05) is 44.3 Å². The van der Waals surface area contributed by atoms with Crippen molar-refractivity contribution in [1.82, 2.24) is 15.1 Å². The highest BCUT2D eigenvalue weighted by Crippen LogP contribution is 2.26. The van der Waals surface area contributed by atoms with Gasteiger partial charge in [0, 0.05) is 38.1 Å². The van der Waals surface area contributed by atoms with Gasteiger partial charge in [0.1, 0.15) is 11.3 Å². The van der Waals surface area contributed by atoms with Gasteiger partial charge in [-0.15, -0.1) is 0 Å². The molecule has 1 N–H and O–H groups in total. The molecule has 1 aromatic heterocycles. The fourth-order valence-electron chi connectivity index (χ4n) is 3.63. The Labute approximate surface area is 156 Å². The van der Waals surface area contributed by atoms with E-state index in [0.29, 0.717) is 5.92 Å². The first kappa shape index (κ1) is 18.8. The average Bonchev–Trinajstić information content (AvgIpc) is 3.05. The Bertz CT molecular complexity index is 699. The summed E-state index contributed by atoms with van der Waals surface area (Å²) >= 11 is 0. The number of fused-ring (bicyclic) bond motifs is 1. The van der Waals surface area contributed by atoms with Gasteiger partial charge < -0.3 is 19.5 Å². The lowest BCUT2D eigenvalue weighted by atomic mass is 10.0. The Kier molecular flexibility index (Phi) is 5.87. The van der Waals surface area contributed by atoms with Crippen molar-refractivity contribution in [3.63, 3.8) is 0 Å². The van der Waals surface area contributed by atoms with Crippen LogP contribution in [0.15, 0.2) is 34.7 Å². The second kappa shape index (κ2) is 8.12. The lowest BCUT2D eigenvalue weighted by Crippen LogP contribution is -2.49. The minimum Gasteiger partial charge on any atom is -0.459 e. The number of carbonyl (C=O) groups excluding carboxylic acids is 1. The number of rotatable bonds is 5. The summed E-state index contributed by atoms with van der Waals surface area (Å²) in [4.78, 5) is 16.9. The highest BCUT2D eigenvalue weighted by molar-refractivity contribution is 5.78. The Balaban J connectivity index is 1.54. The Morgan fingerprint density at radius 1 is 1.27 bits per heavy atom. The molecule has 1 aliphatic rings. The van der Waals surface area contributed by atoms with Gasteiger partial charge in [0.25, 0.3) is 0 Å². The van der Waals surface area contributed by atoms with Gasteiger partial charge in [-0.2, -0.15) is 0 Å². The largest absolute Gasteiger partial charge is 0.459 e. The molecule has 142 valence electrons. The van der Waals surface area contributed by atoms with E-state index in [4.69, 9.17) is 4.42 Å². The molecule has 26 heavy (non-hydrogen) atoms. The van der Waals surface area contributed by atoms with Crippen molar-refractivity contribution in [3.05, 3.63) is 36.1 Å². The van der Waals surface area contributed by atoms with Gasteiger partial charge >= 0.3 is 6.03 Å². The van der Waals surface area contributed by atoms with Crippen molar-refractivity contribution in [2.24, 2.45) is 5.92 Å². The molecular weight excluding hydrogens is 326 g/mol. The zero-order valence-electron chi connectivity index (χ0n) is 16.4. The van der Waals surface area contributed by atoms with Crippen molar-refractivity contribution in [2.75, 3.05) is 26.7 Å². The van der Waals surface area contributed by atoms with Crippen LogP contribution in [0.5, 0.6) is 0 Å². The quantitative estimate of drug-likeness (QED) is 0.870. The van der Waals surface area contributed by atoms with Gasteiger partial charge in [0.15, 0.2) is 0 Å². The highest BCUT2D eigenvalue weighted by atomic mass is 16.3. The van der Waals surface area contributed by atoms with Gasteiger partial charge in [0.05, 0.1) is 6.04 Å². The molecule has 0 radical (unpaired) electrons. The molecule has 1 fully saturated rings. The number of furan rings is 1. The van der Waals surface area contributed by atoms with Gasteiger partial charge in [-0.25, -0.2) is 4.79 Å². The zero-order chi connectivity index (χ0) is 18.7. The maximum Gasteiger partial charge on any atom is 0.317 e. The molecule has 0 bridgehead atoms. The maximum atomic E-state index is 12.7. The van der Waals surface area contributed by atoms with Gasteiger partial charge in [-0.1, -0.05) is 32.0 Å². The molecule has 1 aliphatic heterocycles. The summed E-state index contributed by atoms with van der Waals surface area (Å²) in [6.07, 6.45) is 2.04. The topological polar surface area (TPSA) is 48.7 Å². The van der Waals surface area contributed by atoms with Crippen LogP contribution in [-0.2, 0) is 0 Å². The van der Waals surface area contributed by atoms with E-state index in [0.717, 1.165) is 49.2 Å². The van der Waals surface area contributed by atoms with E-state index in [2.05, 4.69) is 24.1 Å². The summed E-state index contributed by atoms with van der Waals surface area (Å²) < 4.78 is 5.91. The lowest BCUT2D eigenvalue weighted by molar-refractivity contribution is 0.159. The summed E-state index contributed by atoms with van der Waals surface area (Å²) in [5, 5.41) is 4.27. The number of amides is 2. The molecule has 0 aliphatic carbocycles. The minimum atomic E-state index is -0.108. The van der Waals surface area contributed by atoms with E-state index in [1.54, 1.807) is 4.90 Å². The number of urea groups is 1. The van der Waals surface area contributed by atoms with E-state index >= 15 is 0 Å². The van der Waals surface area contributed by atoms with Crippen molar-refractivity contribution in [1.29, 1.82) is 0 Å². The predicted molar refractivity (Wildman–Crippen MR) is 105 cm³/mol. The normalized spacial score (nSPS) is 17.6. The molecule has 1 aromatic carbocycles. The summed E-state index contributed by atoms with van der Waals surface area (Å²) in [6.45, 7) is 9.77. The standard InChI is InChI=1S/C21H31N3O2/c1-15(2)14-24-11-9-18(10-12-24)22-21(25)23(4)16(3)20-13-17-7-5-6-8-19(17)26-20/h5-8,13,15-16,18H,9-12,14H2,1-4H3,(H,22,25)/t16-/m1/s1. The first-order valence-corrected chi connectivity index (χ1v) is 9.68. The zero-order valence-corrected chi connectivity index (χ0v) is 16.4. The number of carbonyl (C=O) groups is 1. The Hall–Kier alpha value is -2.01. The van der Waals surface area contributed by atoms with E-state index in [-0.39, 0.29) is 18.1 Å². The molecule has 2 amide bonds. The smallest absolute Gasteiger partial charge is 0.317 e. The number of hydrogen-bond donors (Lipinski definition) is 1. The second-order valence-corrected chi connectivity index (χ2v) is 7.89. The summed E-state index contributed by atoms with van der Waals surface area (Å²) in [7, 11) is 1.83. The van der Waals surface area contributed by atoms with Crippen molar-refractivity contribution in [3.8, 4) is 0 Å². The van der Waals surface area contributed by atoms with E-state index < -0.39 is 0 Å². The fourth-order valence-corrected chi connectivity index (χ4v) is 3.63.